The summed E-state index contributed by atoms with van der Waals surface area (Å²) in [6.45, 7) is 0. The van der Waals surface area contributed by atoms with Gasteiger partial charge in [0.1, 0.15) is 5.75 Å². The zero-order chi connectivity index (χ0) is 15.4. The molecule has 110 valence electrons. The largest absolute Gasteiger partial charge is 0.504 e. The van der Waals surface area contributed by atoms with E-state index in [0.717, 1.165) is 5.56 Å². The quantitative estimate of drug-likeness (QED) is 0.653. The maximum Gasteiger partial charge on any atom is 0.201 e. The van der Waals surface area contributed by atoms with Crippen molar-refractivity contribution < 1.29 is 24.5 Å². The second-order valence-electron chi connectivity index (χ2n) is 4.46. The van der Waals surface area contributed by atoms with Crippen molar-refractivity contribution in [3.63, 3.8) is 0 Å². The molecule has 21 heavy (non-hydrogen) atoms. The van der Waals surface area contributed by atoms with Crippen LogP contribution in [0.3, 0.4) is 0 Å². The van der Waals surface area contributed by atoms with E-state index in [1.807, 2.05) is 0 Å². The number of phenolic OH excluding ortho intramolecular Hbond substituents is 2. The van der Waals surface area contributed by atoms with Gasteiger partial charge in [0.2, 0.25) is 5.75 Å². The molecule has 0 atom stereocenters. The minimum Gasteiger partial charge on any atom is -0.504 e. The summed E-state index contributed by atoms with van der Waals surface area (Å²) in [5.74, 6) is -0.369. The Labute approximate surface area is 122 Å². The van der Waals surface area contributed by atoms with Gasteiger partial charge in [0.15, 0.2) is 17.3 Å². The number of hydrogen-bond acceptors (Lipinski definition) is 5. The van der Waals surface area contributed by atoms with Crippen LogP contribution in [0.4, 0.5) is 0 Å². The molecule has 0 spiro atoms. The third-order valence-electron chi connectivity index (χ3n) is 3.16. The molecule has 0 aliphatic carbocycles. The minimum absolute atomic E-state index is 0.0594. The smallest absolute Gasteiger partial charge is 0.201 e. The molecule has 0 aromatic heterocycles. The lowest BCUT2D eigenvalue weighted by molar-refractivity contribution is 0.0989. The number of Topliss-reactive ketones (excluding diaryl/α,β-unsaturated/α-hetero) is 1. The first-order chi connectivity index (χ1) is 10.1. The number of phenols is 2. The molecule has 0 radical (unpaired) electrons. The van der Waals surface area contributed by atoms with Crippen molar-refractivity contribution in [2.24, 2.45) is 0 Å². The number of hydrogen-bond donors (Lipinski definition) is 2. The zero-order valence-corrected chi connectivity index (χ0v) is 11.8. The first-order valence-corrected chi connectivity index (χ1v) is 6.32. The molecule has 0 aliphatic rings. The van der Waals surface area contributed by atoms with Crippen LogP contribution < -0.4 is 9.47 Å². The fourth-order valence-electron chi connectivity index (χ4n) is 1.97. The Morgan fingerprint density at radius 3 is 2.19 bits per heavy atom. The van der Waals surface area contributed by atoms with E-state index in [4.69, 9.17) is 9.47 Å². The highest BCUT2D eigenvalue weighted by atomic mass is 16.5. The highest BCUT2D eigenvalue weighted by Gasteiger charge is 2.18. The zero-order valence-electron chi connectivity index (χ0n) is 11.8. The number of rotatable bonds is 5. The number of carbonyl (C=O) groups is 1. The summed E-state index contributed by atoms with van der Waals surface area (Å²) >= 11 is 0. The van der Waals surface area contributed by atoms with Gasteiger partial charge >= 0.3 is 0 Å². The van der Waals surface area contributed by atoms with Crippen LogP contribution in [0.2, 0.25) is 0 Å². The normalized spacial score (nSPS) is 10.2. The van der Waals surface area contributed by atoms with Crippen LogP contribution in [-0.2, 0) is 6.42 Å². The molecular weight excluding hydrogens is 272 g/mol. The SMILES string of the molecule is COc1ccc(CC(=O)c2ccc(OC)c(O)c2O)cc1. The lowest BCUT2D eigenvalue weighted by Crippen LogP contribution is -2.04. The number of ketones is 1. The number of methoxy groups -OCH3 is 2. The monoisotopic (exact) mass is 288 g/mol. The van der Waals surface area contributed by atoms with Crippen LogP contribution >= 0.6 is 0 Å². The molecule has 0 saturated carbocycles. The van der Waals surface area contributed by atoms with Crippen LogP contribution in [0.5, 0.6) is 23.0 Å². The second-order valence-corrected chi connectivity index (χ2v) is 4.46. The van der Waals surface area contributed by atoms with E-state index in [2.05, 4.69) is 0 Å². The fourth-order valence-corrected chi connectivity index (χ4v) is 1.97. The van der Waals surface area contributed by atoms with Crippen molar-refractivity contribution in [3.8, 4) is 23.0 Å². The van der Waals surface area contributed by atoms with Gasteiger partial charge in [0.25, 0.3) is 0 Å². The molecule has 0 fully saturated rings. The van der Waals surface area contributed by atoms with Gasteiger partial charge in [0, 0.05) is 6.42 Å². The Balaban J connectivity index is 2.22. The van der Waals surface area contributed by atoms with Gasteiger partial charge in [-0.2, -0.15) is 0 Å². The van der Waals surface area contributed by atoms with E-state index < -0.39 is 11.5 Å². The molecule has 2 rings (SSSR count). The van der Waals surface area contributed by atoms with Crippen molar-refractivity contribution in [3.05, 3.63) is 47.5 Å². The Hall–Kier alpha value is -2.69. The molecule has 0 amide bonds. The van der Waals surface area contributed by atoms with E-state index >= 15 is 0 Å². The van der Waals surface area contributed by atoms with Gasteiger partial charge in [-0.05, 0) is 29.8 Å². The Morgan fingerprint density at radius 1 is 0.952 bits per heavy atom. The molecule has 0 aliphatic heterocycles. The average molecular weight is 288 g/mol. The predicted octanol–water partition coefficient (Wildman–Crippen LogP) is 2.54. The number of carbonyl (C=O) groups excluding carboxylic acids is 1. The third-order valence-corrected chi connectivity index (χ3v) is 3.16. The molecule has 0 bridgehead atoms. The van der Waals surface area contributed by atoms with Gasteiger partial charge in [-0.25, -0.2) is 0 Å². The van der Waals surface area contributed by atoms with Crippen LogP contribution in [0.15, 0.2) is 36.4 Å². The van der Waals surface area contributed by atoms with Crippen LogP contribution in [0.25, 0.3) is 0 Å². The molecule has 0 unspecified atom stereocenters. The summed E-state index contributed by atoms with van der Waals surface area (Å²) in [5, 5.41) is 19.6. The van der Waals surface area contributed by atoms with Crippen LogP contribution in [0, 0.1) is 0 Å². The summed E-state index contributed by atoms with van der Waals surface area (Å²) in [4.78, 5) is 12.2. The fraction of sp³-hybridized carbons (Fsp3) is 0.188. The van der Waals surface area contributed by atoms with E-state index in [0.29, 0.717) is 5.75 Å². The van der Waals surface area contributed by atoms with Crippen LogP contribution in [-0.4, -0.2) is 30.2 Å². The molecule has 2 aromatic rings. The number of aromatic hydroxyl groups is 2. The average Bonchev–Trinajstić information content (AvgIpc) is 2.50. The molecule has 0 heterocycles. The van der Waals surface area contributed by atoms with Crippen molar-refractivity contribution in [2.45, 2.75) is 6.42 Å². The summed E-state index contributed by atoms with van der Waals surface area (Å²) in [6, 6.07) is 9.94. The number of benzene rings is 2. The van der Waals surface area contributed by atoms with E-state index in [1.54, 1.807) is 31.4 Å². The van der Waals surface area contributed by atoms with Gasteiger partial charge in [-0.15, -0.1) is 0 Å². The molecule has 5 heteroatoms. The first kappa shape index (κ1) is 14.7. The van der Waals surface area contributed by atoms with E-state index in [-0.39, 0.29) is 23.5 Å². The summed E-state index contributed by atoms with van der Waals surface area (Å²) in [5.41, 5.74) is 0.847. The van der Waals surface area contributed by atoms with Gasteiger partial charge < -0.3 is 19.7 Å². The van der Waals surface area contributed by atoms with Crippen molar-refractivity contribution in [1.82, 2.24) is 0 Å². The first-order valence-electron chi connectivity index (χ1n) is 6.32. The standard InChI is InChI=1S/C16H16O5/c1-20-11-5-3-10(4-6-11)9-13(17)12-7-8-14(21-2)16(19)15(12)18/h3-8,18-19H,9H2,1-2H3. The lowest BCUT2D eigenvalue weighted by Gasteiger charge is -2.09. The minimum atomic E-state index is -0.465. The van der Waals surface area contributed by atoms with Crippen molar-refractivity contribution >= 4 is 5.78 Å². The Kier molecular flexibility index (Phi) is 4.33. The maximum atomic E-state index is 12.2. The van der Waals surface area contributed by atoms with Gasteiger partial charge in [0.05, 0.1) is 19.8 Å². The summed E-state index contributed by atoms with van der Waals surface area (Å²) in [6.07, 6.45) is 0.114. The Bertz CT molecular complexity index is 646. The topological polar surface area (TPSA) is 76.0 Å². The molecule has 2 aromatic carbocycles. The molecular formula is C16H16O5. The van der Waals surface area contributed by atoms with Gasteiger partial charge in [-0.1, -0.05) is 12.1 Å². The van der Waals surface area contributed by atoms with Crippen molar-refractivity contribution in [2.75, 3.05) is 14.2 Å². The second kappa shape index (κ2) is 6.17. The van der Waals surface area contributed by atoms with E-state index in [1.165, 1.54) is 19.2 Å². The number of ether oxygens (including phenoxy) is 2. The summed E-state index contributed by atoms with van der Waals surface area (Å²) in [7, 11) is 2.94. The van der Waals surface area contributed by atoms with Gasteiger partial charge in [-0.3, -0.25) is 4.79 Å². The molecule has 0 saturated heterocycles. The molecule has 2 N–H and O–H groups in total. The predicted molar refractivity (Wildman–Crippen MR) is 77.4 cm³/mol. The summed E-state index contributed by atoms with van der Waals surface area (Å²) < 4.78 is 9.92. The van der Waals surface area contributed by atoms with Crippen molar-refractivity contribution in [1.29, 1.82) is 0 Å². The van der Waals surface area contributed by atoms with E-state index in [9.17, 15) is 15.0 Å². The lowest BCUT2D eigenvalue weighted by atomic mass is 10.0. The Morgan fingerprint density at radius 2 is 1.62 bits per heavy atom. The maximum absolute atomic E-state index is 12.2. The highest BCUT2D eigenvalue weighted by Crippen LogP contribution is 2.38. The highest BCUT2D eigenvalue weighted by molar-refractivity contribution is 6.00. The third kappa shape index (κ3) is 3.08. The van der Waals surface area contributed by atoms with Crippen LogP contribution in [0.1, 0.15) is 15.9 Å². The molecule has 5 nitrogen and oxygen atoms in total.